The minimum Gasteiger partial charge on any atom is -0.493 e. The number of likely N-dealkylation sites (tertiary alicyclic amines) is 1. The fourth-order valence-electron chi connectivity index (χ4n) is 4.34. The predicted octanol–water partition coefficient (Wildman–Crippen LogP) is 2.88. The van der Waals surface area contributed by atoms with E-state index in [-0.39, 0.29) is 18.7 Å². The number of H-pyrrole nitrogens is 1. The maximum Gasteiger partial charge on any atom is 0.255 e. The first-order valence-corrected chi connectivity index (χ1v) is 11.6. The van der Waals surface area contributed by atoms with Crippen LogP contribution in [0.2, 0.25) is 0 Å². The molecule has 2 aromatic heterocycles. The molecule has 0 bridgehead atoms. The minimum atomic E-state index is -0.210. The molecule has 0 radical (unpaired) electrons. The molecule has 0 aliphatic carbocycles. The number of carbonyl (C=O) groups excluding carboxylic acids is 2. The number of nitrogens with zero attached hydrogens (tertiary/aromatic N) is 3. The van der Waals surface area contributed by atoms with Gasteiger partial charge in [0, 0.05) is 25.3 Å². The Morgan fingerprint density at radius 1 is 1.29 bits per heavy atom. The Hall–Kier alpha value is -3.82. The van der Waals surface area contributed by atoms with Crippen LogP contribution in [0.1, 0.15) is 43.0 Å². The van der Waals surface area contributed by atoms with Gasteiger partial charge in [0.25, 0.3) is 5.91 Å². The summed E-state index contributed by atoms with van der Waals surface area (Å²) in [6, 6.07) is 3.69. The third-order valence-electron chi connectivity index (χ3n) is 6.21. The standard InChI is InChI=1S/C24H27N5O5/c1-2-3-10-32-17-4-5-18-23(34-14-33-18)19(17)21-22-20(26-12-27-21)16(11-25-22)24(31)28-15-6-8-29(13-30)9-7-15/h4-5,11-13,15,25H,2-3,6-10,14H2,1H3,(H,28,31). The Bertz CT molecular complexity index is 1200. The molecule has 0 spiro atoms. The summed E-state index contributed by atoms with van der Waals surface area (Å²) >= 11 is 0. The van der Waals surface area contributed by atoms with Gasteiger partial charge in [-0.15, -0.1) is 0 Å². The van der Waals surface area contributed by atoms with E-state index in [1.54, 1.807) is 11.1 Å². The number of benzene rings is 1. The molecule has 0 atom stereocenters. The lowest BCUT2D eigenvalue weighted by molar-refractivity contribution is -0.119. The molecular weight excluding hydrogens is 438 g/mol. The van der Waals surface area contributed by atoms with Gasteiger partial charge in [0.05, 0.1) is 23.3 Å². The van der Waals surface area contributed by atoms with E-state index in [0.29, 0.717) is 64.8 Å². The van der Waals surface area contributed by atoms with Crippen LogP contribution >= 0.6 is 0 Å². The van der Waals surface area contributed by atoms with Crippen LogP contribution in [0.15, 0.2) is 24.7 Å². The van der Waals surface area contributed by atoms with Crippen LogP contribution < -0.4 is 19.5 Å². The van der Waals surface area contributed by atoms with E-state index in [0.717, 1.165) is 32.1 Å². The van der Waals surface area contributed by atoms with Crippen molar-refractivity contribution in [3.63, 3.8) is 0 Å². The first-order valence-electron chi connectivity index (χ1n) is 11.6. The summed E-state index contributed by atoms with van der Waals surface area (Å²) in [6.45, 7) is 4.07. The van der Waals surface area contributed by atoms with Gasteiger partial charge in [0.15, 0.2) is 11.5 Å². The Morgan fingerprint density at radius 3 is 2.94 bits per heavy atom. The summed E-state index contributed by atoms with van der Waals surface area (Å²) in [5.41, 5.74) is 2.83. The number of nitrogens with one attached hydrogen (secondary N) is 2. The van der Waals surface area contributed by atoms with E-state index in [1.807, 2.05) is 12.1 Å². The van der Waals surface area contributed by atoms with Gasteiger partial charge in [-0.25, -0.2) is 9.97 Å². The number of amides is 2. The second-order valence-corrected chi connectivity index (χ2v) is 8.41. The number of hydrogen-bond acceptors (Lipinski definition) is 7. The zero-order valence-electron chi connectivity index (χ0n) is 19.0. The zero-order valence-corrected chi connectivity index (χ0v) is 19.0. The normalized spacial score (nSPS) is 15.5. The van der Waals surface area contributed by atoms with Crippen molar-refractivity contribution < 1.29 is 23.8 Å². The highest BCUT2D eigenvalue weighted by Crippen LogP contribution is 2.47. The van der Waals surface area contributed by atoms with Crippen molar-refractivity contribution >= 4 is 23.4 Å². The number of hydrogen-bond donors (Lipinski definition) is 2. The SMILES string of the molecule is CCCCOc1ccc2c(c1-c1ncnc3c(C(=O)NC4CCN(C=O)CC4)c[nH]c13)OCO2. The van der Waals surface area contributed by atoms with Gasteiger partial charge in [-0.05, 0) is 31.4 Å². The van der Waals surface area contributed by atoms with Crippen molar-refractivity contribution in [3.8, 4) is 28.5 Å². The van der Waals surface area contributed by atoms with E-state index in [1.165, 1.54) is 6.33 Å². The van der Waals surface area contributed by atoms with Crippen molar-refractivity contribution in [3.05, 3.63) is 30.2 Å². The molecule has 1 saturated heterocycles. The number of fused-ring (bicyclic) bond motifs is 2. The average Bonchev–Trinajstić information content (AvgIpc) is 3.52. The summed E-state index contributed by atoms with van der Waals surface area (Å²) < 4.78 is 17.4. The first-order chi connectivity index (χ1) is 16.7. The van der Waals surface area contributed by atoms with Gasteiger partial charge in [-0.2, -0.15) is 0 Å². The number of ether oxygens (including phenoxy) is 3. The van der Waals surface area contributed by atoms with E-state index >= 15 is 0 Å². The number of unbranched alkanes of at least 4 members (excludes halogenated alkanes) is 1. The highest BCUT2D eigenvalue weighted by molar-refractivity contribution is 6.08. The van der Waals surface area contributed by atoms with E-state index in [2.05, 4.69) is 27.2 Å². The molecule has 2 amide bonds. The van der Waals surface area contributed by atoms with Gasteiger partial charge >= 0.3 is 0 Å². The summed E-state index contributed by atoms with van der Waals surface area (Å²) in [4.78, 5) is 37.8. The molecule has 0 saturated carbocycles. The predicted molar refractivity (Wildman–Crippen MR) is 124 cm³/mol. The number of piperidine rings is 1. The number of aromatic nitrogens is 3. The molecule has 2 aliphatic heterocycles. The lowest BCUT2D eigenvalue weighted by Gasteiger charge is -2.29. The van der Waals surface area contributed by atoms with Crippen molar-refractivity contribution in [1.29, 1.82) is 0 Å². The monoisotopic (exact) mass is 465 g/mol. The lowest BCUT2D eigenvalue weighted by atomic mass is 10.0. The number of carbonyl (C=O) groups is 2. The topological polar surface area (TPSA) is 119 Å². The van der Waals surface area contributed by atoms with Gasteiger partial charge in [-0.3, -0.25) is 9.59 Å². The van der Waals surface area contributed by atoms with Crippen LogP contribution in [0.5, 0.6) is 17.2 Å². The van der Waals surface area contributed by atoms with Crippen LogP contribution in [0.25, 0.3) is 22.3 Å². The second kappa shape index (κ2) is 9.58. The first kappa shape index (κ1) is 22.0. The third-order valence-corrected chi connectivity index (χ3v) is 6.21. The zero-order chi connectivity index (χ0) is 23.5. The Kier molecular flexibility index (Phi) is 6.20. The van der Waals surface area contributed by atoms with Crippen LogP contribution in [-0.4, -0.2) is 64.7 Å². The fourth-order valence-corrected chi connectivity index (χ4v) is 4.34. The molecule has 10 nitrogen and oxygen atoms in total. The third kappa shape index (κ3) is 4.11. The molecule has 4 heterocycles. The quantitative estimate of drug-likeness (QED) is 0.388. The molecule has 34 heavy (non-hydrogen) atoms. The van der Waals surface area contributed by atoms with Crippen molar-refractivity contribution in [1.82, 2.24) is 25.2 Å². The maximum absolute atomic E-state index is 13.1. The second-order valence-electron chi connectivity index (χ2n) is 8.41. The number of rotatable bonds is 8. The Labute approximate surface area is 196 Å². The molecule has 0 unspecified atom stereocenters. The van der Waals surface area contributed by atoms with Crippen molar-refractivity contribution in [2.75, 3.05) is 26.5 Å². The summed E-state index contributed by atoms with van der Waals surface area (Å²) in [7, 11) is 0. The van der Waals surface area contributed by atoms with Crippen molar-refractivity contribution in [2.45, 2.75) is 38.6 Å². The molecule has 2 aliphatic rings. The molecule has 10 heteroatoms. The minimum absolute atomic E-state index is 0.0106. The average molecular weight is 466 g/mol. The van der Waals surface area contributed by atoms with Crippen LogP contribution in [-0.2, 0) is 4.79 Å². The summed E-state index contributed by atoms with van der Waals surface area (Å²) in [5.74, 6) is 1.62. The highest BCUT2D eigenvalue weighted by Gasteiger charge is 2.28. The summed E-state index contributed by atoms with van der Waals surface area (Å²) in [6.07, 6.45) is 7.32. The highest BCUT2D eigenvalue weighted by atomic mass is 16.7. The van der Waals surface area contributed by atoms with Crippen LogP contribution in [0.4, 0.5) is 0 Å². The van der Waals surface area contributed by atoms with Gasteiger partial charge in [0.2, 0.25) is 13.2 Å². The van der Waals surface area contributed by atoms with Gasteiger partial charge in [-0.1, -0.05) is 13.3 Å². The number of aromatic amines is 1. The largest absolute Gasteiger partial charge is 0.493 e. The fraction of sp³-hybridized carbons (Fsp3) is 0.417. The molecule has 5 rings (SSSR count). The van der Waals surface area contributed by atoms with E-state index < -0.39 is 0 Å². The smallest absolute Gasteiger partial charge is 0.255 e. The van der Waals surface area contributed by atoms with Gasteiger partial charge in [0.1, 0.15) is 23.3 Å². The Balaban J connectivity index is 1.47. The molecule has 178 valence electrons. The van der Waals surface area contributed by atoms with Crippen molar-refractivity contribution in [2.24, 2.45) is 0 Å². The molecule has 2 N–H and O–H groups in total. The van der Waals surface area contributed by atoms with Gasteiger partial charge < -0.3 is 29.4 Å². The molecular formula is C24H27N5O5. The van der Waals surface area contributed by atoms with Crippen LogP contribution in [0.3, 0.4) is 0 Å². The Morgan fingerprint density at radius 2 is 2.15 bits per heavy atom. The van der Waals surface area contributed by atoms with E-state index in [9.17, 15) is 9.59 Å². The molecule has 1 fully saturated rings. The van der Waals surface area contributed by atoms with Crippen LogP contribution in [0, 0.1) is 0 Å². The maximum atomic E-state index is 13.1. The molecule has 1 aromatic carbocycles. The summed E-state index contributed by atoms with van der Waals surface area (Å²) in [5, 5.41) is 3.07. The molecule has 3 aromatic rings. The van der Waals surface area contributed by atoms with E-state index in [4.69, 9.17) is 14.2 Å². The lowest BCUT2D eigenvalue weighted by Crippen LogP contribution is -2.44.